The van der Waals surface area contributed by atoms with Gasteiger partial charge in [-0.1, -0.05) is 38.5 Å². The highest BCUT2D eigenvalue weighted by Gasteiger charge is 2.47. The van der Waals surface area contributed by atoms with Crippen LogP contribution in [0, 0.1) is 16.7 Å². The first kappa shape index (κ1) is 12.6. The summed E-state index contributed by atoms with van der Waals surface area (Å²) in [7, 11) is 0. The normalized spacial score (nSPS) is 36.4. The Bertz CT molecular complexity index is 386. The van der Waals surface area contributed by atoms with E-state index in [4.69, 9.17) is 0 Å². The van der Waals surface area contributed by atoms with Gasteiger partial charge in [0.15, 0.2) is 0 Å². The van der Waals surface area contributed by atoms with Crippen LogP contribution in [-0.2, 0) is 4.79 Å². The minimum absolute atomic E-state index is 0.141. The van der Waals surface area contributed by atoms with E-state index >= 15 is 0 Å². The van der Waals surface area contributed by atoms with Crippen molar-refractivity contribution in [2.75, 3.05) is 0 Å². The van der Waals surface area contributed by atoms with Gasteiger partial charge in [-0.15, -0.1) is 0 Å². The highest BCUT2D eigenvalue weighted by molar-refractivity contribution is 5.61. The van der Waals surface area contributed by atoms with Gasteiger partial charge in [0.1, 0.15) is 6.29 Å². The van der Waals surface area contributed by atoms with Crippen LogP contribution >= 0.6 is 0 Å². The van der Waals surface area contributed by atoms with E-state index in [1.165, 1.54) is 30.4 Å². The summed E-state index contributed by atoms with van der Waals surface area (Å²) < 4.78 is 0. The smallest absolute Gasteiger partial charge is 0.123 e. The monoisotopic (exact) mass is 232 g/mol. The standard InChI is InChI=1S/C16H24O/c1-12-6-5-8-15(2,3)14(12)7-9-16(4)10-13(16)11-17/h7,9,11,13H,5-6,8,10H2,1-4H3/b9-7+/t13-,16-/m0/s1. The van der Waals surface area contributed by atoms with Crippen molar-refractivity contribution in [1.82, 2.24) is 0 Å². The molecule has 1 nitrogen and oxygen atoms in total. The van der Waals surface area contributed by atoms with E-state index in [2.05, 4.69) is 39.8 Å². The van der Waals surface area contributed by atoms with Gasteiger partial charge in [-0.25, -0.2) is 0 Å². The van der Waals surface area contributed by atoms with Crippen molar-refractivity contribution in [3.05, 3.63) is 23.3 Å². The molecule has 0 spiro atoms. The molecule has 2 atom stereocenters. The largest absolute Gasteiger partial charge is 0.303 e. The first-order valence-corrected chi connectivity index (χ1v) is 6.74. The van der Waals surface area contributed by atoms with Gasteiger partial charge in [0, 0.05) is 5.92 Å². The fourth-order valence-corrected chi connectivity index (χ4v) is 3.09. The van der Waals surface area contributed by atoms with Crippen molar-refractivity contribution >= 4 is 6.29 Å². The summed E-state index contributed by atoms with van der Waals surface area (Å²) >= 11 is 0. The number of aldehydes is 1. The Morgan fingerprint density at radius 1 is 1.29 bits per heavy atom. The Balaban J connectivity index is 2.17. The molecule has 2 aliphatic carbocycles. The van der Waals surface area contributed by atoms with Crippen LogP contribution < -0.4 is 0 Å². The van der Waals surface area contributed by atoms with E-state index < -0.39 is 0 Å². The van der Waals surface area contributed by atoms with Gasteiger partial charge >= 0.3 is 0 Å². The highest BCUT2D eigenvalue weighted by atomic mass is 16.1. The molecule has 0 unspecified atom stereocenters. The van der Waals surface area contributed by atoms with Gasteiger partial charge in [0.2, 0.25) is 0 Å². The zero-order valence-electron chi connectivity index (χ0n) is 11.5. The predicted octanol–water partition coefficient (Wildman–Crippen LogP) is 4.29. The second kappa shape index (κ2) is 4.12. The minimum Gasteiger partial charge on any atom is -0.303 e. The van der Waals surface area contributed by atoms with Crippen molar-refractivity contribution < 1.29 is 4.79 Å². The summed E-state index contributed by atoms with van der Waals surface area (Å²) in [5.41, 5.74) is 3.48. The van der Waals surface area contributed by atoms with Crippen molar-refractivity contribution in [2.24, 2.45) is 16.7 Å². The maximum absolute atomic E-state index is 10.8. The van der Waals surface area contributed by atoms with E-state index in [0.717, 1.165) is 12.7 Å². The fraction of sp³-hybridized carbons (Fsp3) is 0.688. The Hall–Kier alpha value is -0.850. The lowest BCUT2D eigenvalue weighted by molar-refractivity contribution is -0.109. The lowest BCUT2D eigenvalue weighted by Crippen LogP contribution is -2.19. The van der Waals surface area contributed by atoms with Crippen LogP contribution in [0.3, 0.4) is 0 Å². The summed E-state index contributed by atoms with van der Waals surface area (Å²) in [5.74, 6) is 0.256. The fourth-order valence-electron chi connectivity index (χ4n) is 3.09. The topological polar surface area (TPSA) is 17.1 Å². The molecule has 94 valence electrons. The van der Waals surface area contributed by atoms with Crippen molar-refractivity contribution in [3.8, 4) is 0 Å². The van der Waals surface area contributed by atoms with Gasteiger partial charge < -0.3 is 4.79 Å². The maximum atomic E-state index is 10.8. The summed E-state index contributed by atoms with van der Waals surface area (Å²) in [4.78, 5) is 10.8. The molecule has 1 heteroatoms. The van der Waals surface area contributed by atoms with Gasteiger partial charge in [0.25, 0.3) is 0 Å². The molecule has 2 aliphatic rings. The molecule has 0 amide bonds. The van der Waals surface area contributed by atoms with E-state index in [9.17, 15) is 4.79 Å². The average Bonchev–Trinajstić information content (AvgIpc) is 2.88. The van der Waals surface area contributed by atoms with Crippen LogP contribution in [0.4, 0.5) is 0 Å². The number of carbonyl (C=O) groups excluding carboxylic acids is 1. The molecule has 1 fully saturated rings. The van der Waals surface area contributed by atoms with Crippen molar-refractivity contribution in [1.29, 1.82) is 0 Å². The molecule has 0 aromatic carbocycles. The van der Waals surface area contributed by atoms with E-state index in [1.807, 2.05) is 0 Å². The molecule has 0 radical (unpaired) electrons. The number of hydrogen-bond acceptors (Lipinski definition) is 1. The number of carbonyl (C=O) groups is 1. The zero-order valence-corrected chi connectivity index (χ0v) is 11.5. The van der Waals surface area contributed by atoms with Crippen molar-refractivity contribution in [2.45, 2.75) is 53.4 Å². The number of allylic oxidation sites excluding steroid dienone is 4. The lowest BCUT2D eigenvalue weighted by Gasteiger charge is -2.33. The molecule has 2 rings (SSSR count). The zero-order chi connectivity index (χ0) is 12.7. The summed E-state index contributed by atoms with van der Waals surface area (Å²) in [6, 6.07) is 0. The van der Waals surface area contributed by atoms with Gasteiger partial charge in [0.05, 0.1) is 0 Å². The van der Waals surface area contributed by atoms with E-state index in [1.54, 1.807) is 0 Å². The lowest BCUT2D eigenvalue weighted by atomic mass is 9.72. The molecule has 0 bridgehead atoms. The van der Waals surface area contributed by atoms with Crippen LogP contribution in [0.25, 0.3) is 0 Å². The van der Waals surface area contributed by atoms with E-state index in [0.29, 0.717) is 5.41 Å². The summed E-state index contributed by atoms with van der Waals surface area (Å²) in [6.07, 6.45) is 10.5. The van der Waals surface area contributed by atoms with Crippen LogP contribution in [0.1, 0.15) is 53.4 Å². The Kier molecular flexibility index (Phi) is 3.05. The molecule has 0 N–H and O–H groups in total. The van der Waals surface area contributed by atoms with Gasteiger partial charge in [-0.05, 0) is 49.0 Å². The average molecular weight is 232 g/mol. The minimum atomic E-state index is 0.141. The molecule has 1 saturated carbocycles. The molecular formula is C16H24O. The maximum Gasteiger partial charge on any atom is 0.123 e. The SMILES string of the molecule is CC1=C(/C=C/[C@@]2(C)C[C@H]2C=O)C(C)(C)CCC1. The number of hydrogen-bond donors (Lipinski definition) is 0. The third kappa shape index (κ3) is 2.38. The summed E-state index contributed by atoms with van der Waals surface area (Å²) in [5, 5.41) is 0. The molecule has 0 saturated heterocycles. The molecule has 0 aromatic rings. The van der Waals surface area contributed by atoms with Gasteiger partial charge in [-0.3, -0.25) is 0 Å². The molecule has 0 aromatic heterocycles. The molecule has 17 heavy (non-hydrogen) atoms. The first-order chi connectivity index (χ1) is 7.89. The van der Waals surface area contributed by atoms with Crippen LogP contribution in [0.5, 0.6) is 0 Å². The second-order valence-corrected chi connectivity index (χ2v) is 6.72. The van der Waals surface area contributed by atoms with Crippen molar-refractivity contribution in [3.63, 3.8) is 0 Å². The van der Waals surface area contributed by atoms with Crippen LogP contribution in [0.15, 0.2) is 23.3 Å². The molecule has 0 heterocycles. The Labute approximate surface area is 105 Å². The van der Waals surface area contributed by atoms with E-state index in [-0.39, 0.29) is 11.3 Å². The third-order valence-corrected chi connectivity index (χ3v) is 4.68. The number of rotatable bonds is 3. The van der Waals surface area contributed by atoms with Crippen LogP contribution in [-0.4, -0.2) is 6.29 Å². The Morgan fingerprint density at radius 3 is 2.53 bits per heavy atom. The summed E-state index contributed by atoms with van der Waals surface area (Å²) in [6.45, 7) is 9.12. The molecule has 0 aliphatic heterocycles. The Morgan fingerprint density at radius 2 is 2.00 bits per heavy atom. The predicted molar refractivity (Wildman–Crippen MR) is 71.8 cm³/mol. The van der Waals surface area contributed by atoms with Gasteiger partial charge in [-0.2, -0.15) is 0 Å². The second-order valence-electron chi connectivity index (χ2n) is 6.72. The quantitative estimate of drug-likeness (QED) is 0.663. The first-order valence-electron chi connectivity index (χ1n) is 6.74. The highest BCUT2D eigenvalue weighted by Crippen LogP contribution is 2.53. The third-order valence-electron chi connectivity index (χ3n) is 4.68. The molecular weight excluding hydrogens is 208 g/mol. The van der Waals surface area contributed by atoms with Crippen LogP contribution in [0.2, 0.25) is 0 Å².